The van der Waals surface area contributed by atoms with Gasteiger partial charge in [0.2, 0.25) is 6.54 Å². The van der Waals surface area contributed by atoms with Crippen LogP contribution in [0.4, 0.5) is 10.2 Å². The summed E-state index contributed by atoms with van der Waals surface area (Å²) in [6, 6.07) is 12.4. The molecule has 4 aromatic rings. The topological polar surface area (TPSA) is 66.1 Å². The average Bonchev–Trinajstić information content (AvgIpc) is 2.91. The van der Waals surface area contributed by atoms with Gasteiger partial charge in [0.1, 0.15) is 17.1 Å². The lowest BCUT2D eigenvalue weighted by Crippen LogP contribution is -2.37. The van der Waals surface area contributed by atoms with Gasteiger partial charge in [0.25, 0.3) is 0 Å². The first kappa shape index (κ1) is 26.9. The molecule has 1 unspecified atom stereocenters. The number of rotatable bonds is 8. The molecule has 5 rings (SSSR count). The molecule has 1 saturated heterocycles. The van der Waals surface area contributed by atoms with Crippen LogP contribution in [-0.2, 0) is 0 Å². The molecule has 0 amide bonds. The molecule has 1 aromatic heterocycles. The van der Waals surface area contributed by atoms with Gasteiger partial charge in [0, 0.05) is 36.5 Å². The van der Waals surface area contributed by atoms with E-state index < -0.39 is 5.82 Å². The van der Waals surface area contributed by atoms with Gasteiger partial charge in [-0.25, -0.2) is 11.0 Å². The summed E-state index contributed by atoms with van der Waals surface area (Å²) in [4.78, 5) is 17.0. The van der Waals surface area contributed by atoms with Crippen molar-refractivity contribution in [3.63, 3.8) is 0 Å². The number of aromatic nitrogens is 2. The largest absolute Gasteiger partial charge is 0.508 e. The molecule has 0 radical (unpaired) electrons. The summed E-state index contributed by atoms with van der Waals surface area (Å²) in [5.41, 5.74) is 0.768. The number of benzene rings is 3. The molecule has 0 spiro atoms. The maximum Gasteiger partial charge on any atom is 0.319 e. The van der Waals surface area contributed by atoms with Crippen LogP contribution in [0.2, 0.25) is 5.02 Å². The van der Waals surface area contributed by atoms with Gasteiger partial charge in [-0.2, -0.15) is 9.97 Å². The van der Waals surface area contributed by atoms with Crippen molar-refractivity contribution in [2.75, 3.05) is 51.8 Å². The van der Waals surface area contributed by atoms with Crippen molar-refractivity contribution in [2.24, 2.45) is 5.92 Å². The van der Waals surface area contributed by atoms with Gasteiger partial charge in [-0.05, 0) is 67.9 Å². The van der Waals surface area contributed by atoms with Crippen LogP contribution in [0.15, 0.2) is 42.5 Å². The SMILES string of the molecule is [C-]#[N+]CC1CCCN(c2nc(OCCCN(C)C)nc3c(F)c(-c4cc(O)cc5ccccc45)c(Cl)cc23)C1. The minimum Gasteiger partial charge on any atom is -0.508 e. The number of hydrogen-bond acceptors (Lipinski definition) is 6. The Morgan fingerprint density at radius 3 is 2.82 bits per heavy atom. The molecule has 1 N–H and O–H groups in total. The zero-order valence-electron chi connectivity index (χ0n) is 22.1. The summed E-state index contributed by atoms with van der Waals surface area (Å²) >= 11 is 6.79. The number of fused-ring (bicyclic) bond motifs is 2. The van der Waals surface area contributed by atoms with Gasteiger partial charge in [-0.3, -0.25) is 0 Å². The van der Waals surface area contributed by atoms with Crippen molar-refractivity contribution in [3.05, 3.63) is 64.7 Å². The number of anilines is 1. The molecule has 7 nitrogen and oxygen atoms in total. The number of piperidine rings is 1. The van der Waals surface area contributed by atoms with Crippen LogP contribution in [0.25, 0.3) is 37.6 Å². The molecule has 3 aromatic carbocycles. The monoisotopic (exact) mass is 547 g/mol. The molecule has 1 aliphatic heterocycles. The Bertz CT molecular complexity index is 1550. The number of halogens is 2. The number of phenols is 1. The predicted octanol–water partition coefficient (Wildman–Crippen LogP) is 6.41. The summed E-state index contributed by atoms with van der Waals surface area (Å²) in [5.74, 6) is 0.200. The molecule has 0 saturated carbocycles. The molecule has 1 fully saturated rings. The zero-order valence-corrected chi connectivity index (χ0v) is 22.9. The molecular weight excluding hydrogens is 517 g/mol. The van der Waals surface area contributed by atoms with Crippen molar-refractivity contribution < 1.29 is 14.2 Å². The lowest BCUT2D eigenvalue weighted by molar-refractivity contribution is 0.264. The summed E-state index contributed by atoms with van der Waals surface area (Å²) in [6.45, 7) is 10.4. The van der Waals surface area contributed by atoms with Gasteiger partial charge < -0.3 is 24.5 Å². The van der Waals surface area contributed by atoms with Gasteiger partial charge in [0.05, 0.1) is 11.6 Å². The third-order valence-electron chi connectivity index (χ3n) is 7.11. The molecule has 1 aliphatic rings. The van der Waals surface area contributed by atoms with Crippen LogP contribution >= 0.6 is 11.6 Å². The van der Waals surface area contributed by atoms with Gasteiger partial charge in [0.15, 0.2) is 5.82 Å². The third kappa shape index (κ3) is 5.70. The highest BCUT2D eigenvalue weighted by molar-refractivity contribution is 6.35. The molecule has 202 valence electrons. The maximum absolute atomic E-state index is 16.5. The second-order valence-corrected chi connectivity index (χ2v) is 10.7. The van der Waals surface area contributed by atoms with Crippen LogP contribution in [0.1, 0.15) is 19.3 Å². The lowest BCUT2D eigenvalue weighted by Gasteiger charge is -2.32. The van der Waals surface area contributed by atoms with Gasteiger partial charge >= 0.3 is 6.01 Å². The van der Waals surface area contributed by atoms with Gasteiger partial charge in [-0.1, -0.05) is 35.9 Å². The van der Waals surface area contributed by atoms with E-state index in [-0.39, 0.29) is 33.8 Å². The number of ether oxygens (including phenoxy) is 1. The van der Waals surface area contributed by atoms with Crippen molar-refractivity contribution >= 4 is 39.1 Å². The lowest BCUT2D eigenvalue weighted by atomic mass is 9.95. The van der Waals surface area contributed by atoms with Crippen molar-refractivity contribution in [1.29, 1.82) is 0 Å². The van der Waals surface area contributed by atoms with Crippen molar-refractivity contribution in [1.82, 2.24) is 14.9 Å². The fourth-order valence-corrected chi connectivity index (χ4v) is 5.59. The van der Waals surface area contributed by atoms with E-state index in [1.165, 1.54) is 6.07 Å². The highest BCUT2D eigenvalue weighted by Crippen LogP contribution is 2.42. The molecule has 0 bridgehead atoms. The quantitative estimate of drug-likeness (QED) is 0.203. The van der Waals surface area contributed by atoms with E-state index in [4.69, 9.17) is 27.9 Å². The first-order valence-electron chi connectivity index (χ1n) is 13.1. The standard InChI is InChI=1S/C30H31ClFN5O2/c1-33-17-19-8-6-12-37(18-19)29-24-16-25(31)26(23-15-21(38)14-20-9-4-5-10-22(20)23)27(32)28(24)34-30(35-29)39-13-7-11-36(2)3/h4-5,9-10,14-16,19,38H,6-8,11-13,17-18H2,2-3H3. The molecule has 1 atom stereocenters. The number of nitrogens with zero attached hydrogens (tertiary/aromatic N) is 5. The zero-order chi connectivity index (χ0) is 27.5. The summed E-state index contributed by atoms with van der Waals surface area (Å²) < 4.78 is 22.4. The molecule has 0 aliphatic carbocycles. The van der Waals surface area contributed by atoms with Crippen LogP contribution in [0.5, 0.6) is 11.8 Å². The Balaban J connectivity index is 1.66. The predicted molar refractivity (Wildman–Crippen MR) is 154 cm³/mol. The smallest absolute Gasteiger partial charge is 0.319 e. The average molecular weight is 548 g/mol. The minimum absolute atomic E-state index is 0.0201. The van der Waals surface area contributed by atoms with Gasteiger partial charge in [-0.15, -0.1) is 0 Å². The first-order valence-corrected chi connectivity index (χ1v) is 13.5. The fraction of sp³-hybridized carbons (Fsp3) is 0.367. The van der Waals surface area contributed by atoms with E-state index in [0.717, 1.165) is 43.1 Å². The minimum atomic E-state index is -0.593. The van der Waals surface area contributed by atoms with Crippen LogP contribution in [-0.4, -0.2) is 66.9 Å². The number of aromatic hydroxyl groups is 1. The maximum atomic E-state index is 16.5. The second-order valence-electron chi connectivity index (χ2n) is 10.3. The van der Waals surface area contributed by atoms with E-state index >= 15 is 4.39 Å². The number of phenolic OH excluding ortho intramolecular Hbond substituents is 1. The molecule has 39 heavy (non-hydrogen) atoms. The first-order chi connectivity index (χ1) is 18.9. The Hall–Kier alpha value is -3.67. The summed E-state index contributed by atoms with van der Waals surface area (Å²) in [6.07, 6.45) is 2.65. The normalized spacial score (nSPS) is 15.7. The number of hydrogen-bond donors (Lipinski definition) is 1. The summed E-state index contributed by atoms with van der Waals surface area (Å²) in [7, 11) is 3.98. The molecule has 2 heterocycles. The van der Waals surface area contributed by atoms with E-state index in [9.17, 15) is 5.11 Å². The van der Waals surface area contributed by atoms with Crippen LogP contribution < -0.4 is 9.64 Å². The van der Waals surface area contributed by atoms with Crippen molar-refractivity contribution in [3.8, 4) is 22.9 Å². The molecule has 9 heteroatoms. The Labute approximate surface area is 232 Å². The van der Waals surface area contributed by atoms with E-state index in [0.29, 0.717) is 36.5 Å². The highest BCUT2D eigenvalue weighted by Gasteiger charge is 2.28. The van der Waals surface area contributed by atoms with E-state index in [1.807, 2.05) is 38.4 Å². The summed E-state index contributed by atoms with van der Waals surface area (Å²) in [5, 5.41) is 12.7. The van der Waals surface area contributed by atoms with Crippen LogP contribution in [0, 0.1) is 18.3 Å². The second kappa shape index (κ2) is 11.6. The Morgan fingerprint density at radius 1 is 1.21 bits per heavy atom. The third-order valence-corrected chi connectivity index (χ3v) is 7.41. The Kier molecular flexibility index (Phi) is 8.01. The van der Waals surface area contributed by atoms with Crippen molar-refractivity contribution in [2.45, 2.75) is 19.3 Å². The highest BCUT2D eigenvalue weighted by atomic mass is 35.5. The van der Waals surface area contributed by atoms with E-state index in [1.54, 1.807) is 12.1 Å². The fourth-order valence-electron chi connectivity index (χ4n) is 5.29. The Morgan fingerprint density at radius 2 is 2.03 bits per heavy atom. The van der Waals surface area contributed by atoms with E-state index in [2.05, 4.69) is 19.6 Å². The van der Waals surface area contributed by atoms with Crippen LogP contribution in [0.3, 0.4) is 0 Å². The molecular formula is C30H31ClFN5O2.